The minimum Gasteiger partial charge on any atom is -0.397 e. The molecular formula is C14H9N3O3. The van der Waals surface area contributed by atoms with Crippen molar-refractivity contribution in [2.45, 2.75) is 0 Å². The number of aromatic nitrogens is 2. The molecule has 20 heavy (non-hydrogen) atoms. The van der Waals surface area contributed by atoms with E-state index in [0.29, 0.717) is 5.82 Å². The molecule has 1 aromatic carbocycles. The van der Waals surface area contributed by atoms with E-state index in [1.165, 1.54) is 12.1 Å². The lowest BCUT2D eigenvalue weighted by molar-refractivity contribution is -0.401. The van der Waals surface area contributed by atoms with Gasteiger partial charge in [0, 0.05) is 18.0 Å². The number of benzene rings is 1. The first-order chi connectivity index (χ1) is 9.74. The Labute approximate surface area is 113 Å². The van der Waals surface area contributed by atoms with Crippen LogP contribution in [0.25, 0.3) is 22.7 Å². The number of nitrogens with zero attached hydrogens (tertiary/aromatic N) is 3. The molecule has 6 heteroatoms. The van der Waals surface area contributed by atoms with Crippen molar-refractivity contribution in [2.75, 3.05) is 0 Å². The second-order valence-electron chi connectivity index (χ2n) is 4.06. The third-order valence-electron chi connectivity index (χ3n) is 2.75. The van der Waals surface area contributed by atoms with Crippen LogP contribution in [-0.4, -0.2) is 14.9 Å². The molecule has 0 aliphatic rings. The maximum absolute atomic E-state index is 10.6. The topological polar surface area (TPSA) is 82.1 Å². The van der Waals surface area contributed by atoms with Crippen LogP contribution in [0.4, 0.5) is 5.88 Å². The summed E-state index contributed by atoms with van der Waals surface area (Å²) in [7, 11) is 0. The molecule has 0 amide bonds. The zero-order chi connectivity index (χ0) is 13.9. The summed E-state index contributed by atoms with van der Waals surface area (Å²) >= 11 is 0. The van der Waals surface area contributed by atoms with E-state index in [1.54, 1.807) is 12.4 Å². The molecule has 98 valence electrons. The van der Waals surface area contributed by atoms with Gasteiger partial charge in [-0.05, 0) is 11.6 Å². The van der Waals surface area contributed by atoms with Crippen molar-refractivity contribution in [3.8, 4) is 22.7 Å². The number of furan rings is 1. The standard InChI is InChI=1S/C14H9N3O3/c18-17(19)13-7-6-12(20-13)14-15-8-11(9-16-14)10-4-2-1-3-5-10/h1-9H. The summed E-state index contributed by atoms with van der Waals surface area (Å²) in [5.41, 5.74) is 1.87. The molecule has 2 aromatic heterocycles. The summed E-state index contributed by atoms with van der Waals surface area (Å²) in [6.07, 6.45) is 3.32. The first-order valence-electron chi connectivity index (χ1n) is 5.86. The van der Waals surface area contributed by atoms with Crippen molar-refractivity contribution in [3.05, 3.63) is 65.0 Å². The maximum atomic E-state index is 10.6. The quantitative estimate of drug-likeness (QED) is 0.537. The summed E-state index contributed by atoms with van der Waals surface area (Å²) in [6, 6.07) is 12.5. The summed E-state index contributed by atoms with van der Waals surface area (Å²) in [4.78, 5) is 18.3. The third-order valence-corrected chi connectivity index (χ3v) is 2.75. The molecule has 0 bridgehead atoms. The zero-order valence-corrected chi connectivity index (χ0v) is 10.3. The van der Waals surface area contributed by atoms with E-state index in [4.69, 9.17) is 4.42 Å². The number of rotatable bonds is 3. The first kappa shape index (κ1) is 12.0. The van der Waals surface area contributed by atoms with E-state index in [-0.39, 0.29) is 11.6 Å². The van der Waals surface area contributed by atoms with Gasteiger partial charge in [0.15, 0.2) is 11.6 Å². The van der Waals surface area contributed by atoms with Crippen LogP contribution in [0.5, 0.6) is 0 Å². The smallest absolute Gasteiger partial charge is 0.397 e. The van der Waals surface area contributed by atoms with E-state index in [2.05, 4.69) is 9.97 Å². The fourth-order valence-electron chi connectivity index (χ4n) is 1.78. The Morgan fingerprint density at radius 2 is 1.65 bits per heavy atom. The van der Waals surface area contributed by atoms with Gasteiger partial charge in [-0.15, -0.1) is 0 Å². The SMILES string of the molecule is O=[N+]([O-])c1ccc(-c2ncc(-c3ccccc3)cn2)o1. The Balaban J connectivity index is 1.91. The molecule has 0 atom stereocenters. The summed E-state index contributed by atoms with van der Waals surface area (Å²) in [5, 5.41) is 10.6. The molecule has 0 unspecified atom stereocenters. The van der Waals surface area contributed by atoms with Gasteiger partial charge in [0.1, 0.15) is 4.92 Å². The highest BCUT2D eigenvalue weighted by molar-refractivity contribution is 5.62. The summed E-state index contributed by atoms with van der Waals surface area (Å²) in [5.74, 6) is 0.268. The predicted octanol–water partition coefficient (Wildman–Crippen LogP) is 3.31. The molecular weight excluding hydrogens is 258 g/mol. The average molecular weight is 267 g/mol. The Morgan fingerprint density at radius 1 is 0.950 bits per heavy atom. The summed E-state index contributed by atoms with van der Waals surface area (Å²) < 4.78 is 5.05. The molecule has 3 rings (SSSR count). The van der Waals surface area contributed by atoms with Gasteiger partial charge in [0.25, 0.3) is 0 Å². The maximum Gasteiger partial charge on any atom is 0.433 e. The molecule has 0 aliphatic heterocycles. The van der Waals surface area contributed by atoms with Crippen molar-refractivity contribution in [1.29, 1.82) is 0 Å². The van der Waals surface area contributed by atoms with Crippen molar-refractivity contribution in [2.24, 2.45) is 0 Å². The van der Waals surface area contributed by atoms with Gasteiger partial charge in [0.2, 0.25) is 0 Å². The van der Waals surface area contributed by atoms with Gasteiger partial charge in [-0.3, -0.25) is 10.1 Å². The Kier molecular flexibility index (Phi) is 2.96. The van der Waals surface area contributed by atoms with Gasteiger partial charge in [-0.2, -0.15) is 0 Å². The minimum absolute atomic E-state index is 0.274. The lowest BCUT2D eigenvalue weighted by Crippen LogP contribution is -1.88. The Bertz CT molecular complexity index is 736. The van der Waals surface area contributed by atoms with Gasteiger partial charge >= 0.3 is 5.88 Å². The largest absolute Gasteiger partial charge is 0.433 e. The van der Waals surface area contributed by atoms with Crippen LogP contribution < -0.4 is 0 Å². The molecule has 3 aromatic rings. The van der Waals surface area contributed by atoms with Crippen molar-refractivity contribution in [1.82, 2.24) is 9.97 Å². The van der Waals surface area contributed by atoms with Crippen molar-refractivity contribution >= 4 is 5.88 Å². The van der Waals surface area contributed by atoms with Crippen LogP contribution in [0.3, 0.4) is 0 Å². The van der Waals surface area contributed by atoms with Crippen molar-refractivity contribution < 1.29 is 9.34 Å². The monoisotopic (exact) mass is 267 g/mol. The van der Waals surface area contributed by atoms with Crippen LogP contribution >= 0.6 is 0 Å². The molecule has 0 spiro atoms. The zero-order valence-electron chi connectivity index (χ0n) is 10.3. The molecule has 0 radical (unpaired) electrons. The highest BCUT2D eigenvalue weighted by Crippen LogP contribution is 2.24. The molecule has 6 nitrogen and oxygen atoms in total. The van der Waals surface area contributed by atoms with Gasteiger partial charge < -0.3 is 4.42 Å². The van der Waals surface area contributed by atoms with Crippen LogP contribution in [0.2, 0.25) is 0 Å². The second kappa shape index (κ2) is 4.93. The normalized spacial score (nSPS) is 10.4. The lowest BCUT2D eigenvalue weighted by Gasteiger charge is -2.00. The average Bonchev–Trinajstić information content (AvgIpc) is 2.98. The van der Waals surface area contributed by atoms with Gasteiger partial charge in [-0.1, -0.05) is 30.3 Å². The molecule has 0 aliphatic carbocycles. The highest BCUT2D eigenvalue weighted by atomic mass is 16.6. The summed E-state index contributed by atoms with van der Waals surface area (Å²) in [6.45, 7) is 0. The molecule has 0 saturated heterocycles. The van der Waals surface area contributed by atoms with E-state index in [9.17, 15) is 10.1 Å². The Hall–Kier alpha value is -3.02. The molecule has 0 fully saturated rings. The number of hydrogen-bond acceptors (Lipinski definition) is 5. The fraction of sp³-hybridized carbons (Fsp3) is 0. The van der Waals surface area contributed by atoms with Gasteiger partial charge in [0.05, 0.1) is 6.07 Å². The number of nitro groups is 1. The van der Waals surface area contributed by atoms with E-state index in [0.717, 1.165) is 11.1 Å². The third kappa shape index (κ3) is 2.26. The number of hydrogen-bond donors (Lipinski definition) is 0. The molecule has 0 N–H and O–H groups in total. The molecule has 2 heterocycles. The minimum atomic E-state index is -0.595. The van der Waals surface area contributed by atoms with Crippen LogP contribution in [0, 0.1) is 10.1 Å². The van der Waals surface area contributed by atoms with E-state index < -0.39 is 4.92 Å². The van der Waals surface area contributed by atoms with Crippen LogP contribution in [0.15, 0.2) is 59.3 Å². The predicted molar refractivity (Wildman–Crippen MR) is 71.8 cm³/mol. The van der Waals surface area contributed by atoms with E-state index >= 15 is 0 Å². The molecule has 0 saturated carbocycles. The van der Waals surface area contributed by atoms with Gasteiger partial charge in [-0.25, -0.2) is 9.97 Å². The van der Waals surface area contributed by atoms with E-state index in [1.807, 2.05) is 30.3 Å². The Morgan fingerprint density at radius 3 is 2.25 bits per heavy atom. The lowest BCUT2D eigenvalue weighted by atomic mass is 10.1. The van der Waals surface area contributed by atoms with Crippen molar-refractivity contribution in [3.63, 3.8) is 0 Å². The van der Waals surface area contributed by atoms with Crippen LogP contribution in [-0.2, 0) is 0 Å². The fourth-order valence-corrected chi connectivity index (χ4v) is 1.78. The van der Waals surface area contributed by atoms with Crippen LogP contribution in [0.1, 0.15) is 0 Å². The second-order valence-corrected chi connectivity index (χ2v) is 4.06. The first-order valence-corrected chi connectivity index (χ1v) is 5.86. The highest BCUT2D eigenvalue weighted by Gasteiger charge is 2.14.